The molecule has 1 amide bonds. The van der Waals surface area contributed by atoms with Crippen molar-refractivity contribution >= 4 is 21.6 Å². The van der Waals surface area contributed by atoms with E-state index in [2.05, 4.69) is 5.32 Å². The fourth-order valence-electron chi connectivity index (χ4n) is 2.72. The van der Waals surface area contributed by atoms with Crippen LogP contribution < -0.4 is 14.8 Å². The number of nitrogens with one attached hydrogen (secondary N) is 1. The number of fused-ring (bicyclic) bond motifs is 1. The summed E-state index contributed by atoms with van der Waals surface area (Å²) >= 11 is 0. The predicted molar refractivity (Wildman–Crippen MR) is 102 cm³/mol. The van der Waals surface area contributed by atoms with E-state index in [0.717, 1.165) is 9.87 Å². The molecule has 144 valence electrons. The van der Waals surface area contributed by atoms with Gasteiger partial charge in [-0.25, -0.2) is 12.7 Å². The first-order valence-electron chi connectivity index (χ1n) is 8.46. The van der Waals surface area contributed by atoms with Crippen molar-refractivity contribution in [3.63, 3.8) is 0 Å². The van der Waals surface area contributed by atoms with Gasteiger partial charge in [-0.1, -0.05) is 18.2 Å². The summed E-state index contributed by atoms with van der Waals surface area (Å²) < 4.78 is 37.4. The SMILES string of the molecule is Cc1ccc(S(=O)(=O)N(C)C)cc1NC(=O)C1Oc2ccccc2OC1C. The van der Waals surface area contributed by atoms with Crippen LogP contribution in [0.15, 0.2) is 47.4 Å². The summed E-state index contributed by atoms with van der Waals surface area (Å²) in [5.74, 6) is 0.681. The first kappa shape index (κ1) is 19.2. The van der Waals surface area contributed by atoms with Gasteiger partial charge < -0.3 is 14.8 Å². The van der Waals surface area contributed by atoms with E-state index in [9.17, 15) is 13.2 Å². The molecule has 8 heteroatoms. The molecule has 3 rings (SSSR count). The molecule has 2 aromatic rings. The van der Waals surface area contributed by atoms with E-state index in [-0.39, 0.29) is 4.90 Å². The maximum atomic E-state index is 12.8. The highest BCUT2D eigenvalue weighted by atomic mass is 32.2. The summed E-state index contributed by atoms with van der Waals surface area (Å²) in [6.45, 7) is 3.54. The van der Waals surface area contributed by atoms with Gasteiger partial charge in [0.25, 0.3) is 5.91 Å². The first-order valence-corrected chi connectivity index (χ1v) is 9.90. The van der Waals surface area contributed by atoms with Crippen molar-refractivity contribution in [2.24, 2.45) is 0 Å². The number of aryl methyl sites for hydroxylation is 1. The van der Waals surface area contributed by atoms with E-state index in [1.165, 1.54) is 26.2 Å². The van der Waals surface area contributed by atoms with Crippen LogP contribution in [-0.4, -0.2) is 44.9 Å². The molecule has 2 unspecified atom stereocenters. The second-order valence-electron chi connectivity index (χ2n) is 6.56. The number of benzene rings is 2. The van der Waals surface area contributed by atoms with Crippen LogP contribution in [0.3, 0.4) is 0 Å². The monoisotopic (exact) mass is 390 g/mol. The highest BCUT2D eigenvalue weighted by molar-refractivity contribution is 7.89. The van der Waals surface area contributed by atoms with Crippen LogP contribution in [0.1, 0.15) is 12.5 Å². The average Bonchev–Trinajstić information content (AvgIpc) is 2.62. The summed E-state index contributed by atoms with van der Waals surface area (Å²) in [5.41, 5.74) is 1.16. The lowest BCUT2D eigenvalue weighted by atomic mass is 10.1. The van der Waals surface area contributed by atoms with E-state index in [0.29, 0.717) is 17.2 Å². The third-order valence-electron chi connectivity index (χ3n) is 4.35. The molecule has 0 bridgehead atoms. The van der Waals surface area contributed by atoms with Gasteiger partial charge in [-0.15, -0.1) is 0 Å². The zero-order chi connectivity index (χ0) is 19.8. The number of ether oxygens (including phenoxy) is 2. The number of hydrogen-bond acceptors (Lipinski definition) is 5. The minimum atomic E-state index is -3.60. The van der Waals surface area contributed by atoms with Crippen LogP contribution in [0.4, 0.5) is 5.69 Å². The van der Waals surface area contributed by atoms with Crippen LogP contribution >= 0.6 is 0 Å². The zero-order valence-corrected chi connectivity index (χ0v) is 16.4. The van der Waals surface area contributed by atoms with E-state index >= 15 is 0 Å². The predicted octanol–water partition coefficient (Wildman–Crippen LogP) is 2.41. The van der Waals surface area contributed by atoms with Gasteiger partial charge in [-0.3, -0.25) is 4.79 Å². The Labute approximate surface area is 158 Å². The van der Waals surface area contributed by atoms with Gasteiger partial charge in [0, 0.05) is 19.8 Å². The van der Waals surface area contributed by atoms with Crippen molar-refractivity contribution < 1.29 is 22.7 Å². The molecular formula is C19H22N2O5S. The second kappa shape index (κ2) is 7.21. The third-order valence-corrected chi connectivity index (χ3v) is 6.16. The number of sulfonamides is 1. The highest BCUT2D eigenvalue weighted by Crippen LogP contribution is 2.34. The summed E-state index contributed by atoms with van der Waals surface area (Å²) in [7, 11) is -0.685. The number of nitrogens with zero attached hydrogens (tertiary/aromatic N) is 1. The van der Waals surface area contributed by atoms with Gasteiger partial charge in [-0.2, -0.15) is 0 Å². The number of carbonyl (C=O) groups is 1. The maximum absolute atomic E-state index is 12.8. The smallest absolute Gasteiger partial charge is 0.269 e. The molecular weight excluding hydrogens is 368 g/mol. The second-order valence-corrected chi connectivity index (χ2v) is 8.71. The van der Waals surface area contributed by atoms with E-state index < -0.39 is 28.1 Å². The molecule has 1 heterocycles. The van der Waals surface area contributed by atoms with Gasteiger partial charge in [-0.05, 0) is 43.7 Å². The van der Waals surface area contributed by atoms with Crippen molar-refractivity contribution in [2.45, 2.75) is 31.0 Å². The number of carbonyl (C=O) groups excluding carboxylic acids is 1. The Balaban J connectivity index is 1.84. The van der Waals surface area contributed by atoms with Crippen LogP contribution in [0.25, 0.3) is 0 Å². The minimum Gasteiger partial charge on any atom is -0.482 e. The Bertz CT molecular complexity index is 972. The molecule has 0 spiro atoms. The number of anilines is 1. The van der Waals surface area contributed by atoms with Crippen LogP contribution in [0.2, 0.25) is 0 Å². The van der Waals surface area contributed by atoms with Crippen LogP contribution in [0.5, 0.6) is 11.5 Å². The third kappa shape index (κ3) is 3.77. The van der Waals surface area contributed by atoms with Crippen molar-refractivity contribution in [3.8, 4) is 11.5 Å². The fourth-order valence-corrected chi connectivity index (χ4v) is 3.65. The van der Waals surface area contributed by atoms with Crippen molar-refractivity contribution in [2.75, 3.05) is 19.4 Å². The number of amides is 1. The molecule has 7 nitrogen and oxygen atoms in total. The molecule has 1 aliphatic heterocycles. The lowest BCUT2D eigenvalue weighted by Gasteiger charge is -2.31. The molecule has 0 fully saturated rings. The Hall–Kier alpha value is -2.58. The van der Waals surface area contributed by atoms with Gasteiger partial charge >= 0.3 is 0 Å². The normalized spacial score (nSPS) is 19.0. The summed E-state index contributed by atoms with van der Waals surface area (Å²) in [6, 6.07) is 11.8. The Morgan fingerprint density at radius 1 is 1.07 bits per heavy atom. The number of hydrogen-bond donors (Lipinski definition) is 1. The quantitative estimate of drug-likeness (QED) is 0.867. The van der Waals surface area contributed by atoms with E-state index in [1.54, 1.807) is 38.1 Å². The van der Waals surface area contributed by atoms with E-state index in [1.807, 2.05) is 6.07 Å². The largest absolute Gasteiger partial charge is 0.482 e. The molecule has 0 radical (unpaired) electrons. The van der Waals surface area contributed by atoms with E-state index in [4.69, 9.17) is 9.47 Å². The molecule has 2 aromatic carbocycles. The highest BCUT2D eigenvalue weighted by Gasteiger charge is 2.34. The summed E-state index contributed by atoms with van der Waals surface area (Å²) in [5, 5.41) is 2.77. The molecule has 0 aliphatic carbocycles. The van der Waals surface area contributed by atoms with Gasteiger partial charge in [0.2, 0.25) is 16.1 Å². The summed E-state index contributed by atoms with van der Waals surface area (Å²) in [4.78, 5) is 12.9. The fraction of sp³-hybridized carbons (Fsp3) is 0.316. The van der Waals surface area contributed by atoms with Crippen LogP contribution in [-0.2, 0) is 14.8 Å². The van der Waals surface area contributed by atoms with Crippen LogP contribution in [0, 0.1) is 6.92 Å². The van der Waals surface area contributed by atoms with Crippen molar-refractivity contribution in [1.82, 2.24) is 4.31 Å². The standard InChI is InChI=1S/C19H22N2O5S/c1-12-9-10-14(27(23,24)21(3)4)11-15(12)20-19(22)18-13(2)25-16-7-5-6-8-17(16)26-18/h5-11,13,18H,1-4H3,(H,20,22). The first-order chi connectivity index (χ1) is 12.7. The number of rotatable bonds is 4. The Morgan fingerprint density at radius 2 is 1.70 bits per heavy atom. The lowest BCUT2D eigenvalue weighted by Crippen LogP contribution is -2.46. The van der Waals surface area contributed by atoms with Gasteiger partial charge in [0.15, 0.2) is 11.5 Å². The van der Waals surface area contributed by atoms with Gasteiger partial charge in [0.1, 0.15) is 6.10 Å². The zero-order valence-electron chi connectivity index (χ0n) is 15.6. The molecule has 27 heavy (non-hydrogen) atoms. The number of para-hydroxylation sites is 2. The summed E-state index contributed by atoms with van der Waals surface area (Å²) in [6.07, 6.45) is -1.35. The molecule has 0 aromatic heterocycles. The average molecular weight is 390 g/mol. The molecule has 1 N–H and O–H groups in total. The Morgan fingerprint density at radius 3 is 2.33 bits per heavy atom. The maximum Gasteiger partial charge on any atom is 0.269 e. The van der Waals surface area contributed by atoms with Gasteiger partial charge in [0.05, 0.1) is 4.90 Å². The van der Waals surface area contributed by atoms with Crippen molar-refractivity contribution in [3.05, 3.63) is 48.0 Å². The Kier molecular flexibility index (Phi) is 5.12. The molecule has 1 aliphatic rings. The molecule has 0 saturated heterocycles. The van der Waals surface area contributed by atoms with Crippen molar-refractivity contribution in [1.29, 1.82) is 0 Å². The molecule has 2 atom stereocenters. The molecule has 0 saturated carbocycles. The lowest BCUT2D eigenvalue weighted by molar-refractivity contribution is -0.128. The topological polar surface area (TPSA) is 84.9 Å². The minimum absolute atomic E-state index is 0.104.